The van der Waals surface area contributed by atoms with Gasteiger partial charge in [0.25, 0.3) is 0 Å². The second kappa shape index (κ2) is 7.00. The second-order valence-electron chi connectivity index (χ2n) is 5.99. The number of anilines is 1. The molecule has 126 valence electrons. The molecule has 1 aliphatic heterocycles. The molecule has 0 radical (unpaired) electrons. The molecule has 0 bridgehead atoms. The Morgan fingerprint density at radius 3 is 2.22 bits per heavy atom. The molecule has 0 spiro atoms. The van der Waals surface area contributed by atoms with Gasteiger partial charge >= 0.3 is 11.9 Å². The first-order chi connectivity index (χ1) is 10.9. The van der Waals surface area contributed by atoms with E-state index in [4.69, 9.17) is 4.74 Å². The number of carbonyl (C=O) groups is 2. The minimum atomic E-state index is -1.68. The van der Waals surface area contributed by atoms with E-state index in [1.807, 2.05) is 12.1 Å². The van der Waals surface area contributed by atoms with Crippen molar-refractivity contribution in [2.75, 3.05) is 44.7 Å². The predicted molar refractivity (Wildman–Crippen MR) is 87.8 cm³/mol. The highest BCUT2D eigenvalue weighted by Crippen LogP contribution is 2.28. The van der Waals surface area contributed by atoms with E-state index in [1.54, 1.807) is 19.1 Å². The van der Waals surface area contributed by atoms with Crippen molar-refractivity contribution in [2.45, 2.75) is 19.3 Å². The zero-order valence-electron chi connectivity index (χ0n) is 13.9. The summed E-state index contributed by atoms with van der Waals surface area (Å²) in [6, 6.07) is 7.17. The lowest BCUT2D eigenvalue weighted by Gasteiger charge is -2.34. The van der Waals surface area contributed by atoms with Gasteiger partial charge in [0.1, 0.15) is 0 Å². The average molecular weight is 320 g/mol. The Bertz CT molecular complexity index is 564. The standard InChI is InChI=1S/C17H24N2O4/c1-4-23-16(22)17(2,15(20)21)13-5-7-14(8-6-13)19-11-9-18(3)10-12-19/h5-8H,4,9-12H2,1-3H3,(H,20,21). The molecule has 1 N–H and O–H groups in total. The van der Waals surface area contributed by atoms with Gasteiger partial charge in [-0.1, -0.05) is 12.1 Å². The molecule has 1 fully saturated rings. The zero-order valence-corrected chi connectivity index (χ0v) is 13.9. The van der Waals surface area contributed by atoms with Gasteiger partial charge in [0.2, 0.25) is 0 Å². The van der Waals surface area contributed by atoms with Crippen LogP contribution in [0.2, 0.25) is 0 Å². The molecular weight excluding hydrogens is 296 g/mol. The summed E-state index contributed by atoms with van der Waals surface area (Å²) < 4.78 is 4.95. The molecule has 1 aromatic rings. The van der Waals surface area contributed by atoms with Crippen molar-refractivity contribution in [3.05, 3.63) is 29.8 Å². The molecule has 0 aliphatic carbocycles. The zero-order chi connectivity index (χ0) is 17.0. The summed E-state index contributed by atoms with van der Waals surface area (Å²) >= 11 is 0. The quantitative estimate of drug-likeness (QED) is 0.652. The van der Waals surface area contributed by atoms with Crippen molar-refractivity contribution in [3.8, 4) is 0 Å². The first kappa shape index (κ1) is 17.3. The Hall–Kier alpha value is -2.08. The first-order valence-electron chi connectivity index (χ1n) is 7.84. The van der Waals surface area contributed by atoms with Crippen molar-refractivity contribution >= 4 is 17.6 Å². The Morgan fingerprint density at radius 1 is 1.17 bits per heavy atom. The normalized spacial score (nSPS) is 18.3. The van der Waals surface area contributed by atoms with E-state index in [0.29, 0.717) is 5.56 Å². The van der Waals surface area contributed by atoms with Gasteiger partial charge in [-0.25, -0.2) is 0 Å². The lowest BCUT2D eigenvalue weighted by atomic mass is 9.82. The second-order valence-corrected chi connectivity index (χ2v) is 5.99. The number of ether oxygens (including phenoxy) is 1. The van der Waals surface area contributed by atoms with Crippen LogP contribution >= 0.6 is 0 Å². The van der Waals surface area contributed by atoms with Crippen LogP contribution in [0.4, 0.5) is 5.69 Å². The molecule has 1 aromatic carbocycles. The highest BCUT2D eigenvalue weighted by Gasteiger charge is 2.44. The van der Waals surface area contributed by atoms with E-state index in [-0.39, 0.29) is 6.61 Å². The van der Waals surface area contributed by atoms with Crippen LogP contribution in [-0.4, -0.2) is 61.8 Å². The fraction of sp³-hybridized carbons (Fsp3) is 0.529. The molecule has 23 heavy (non-hydrogen) atoms. The van der Waals surface area contributed by atoms with E-state index >= 15 is 0 Å². The van der Waals surface area contributed by atoms with Crippen molar-refractivity contribution in [3.63, 3.8) is 0 Å². The minimum Gasteiger partial charge on any atom is -0.480 e. The Labute approximate surface area is 136 Å². The van der Waals surface area contributed by atoms with E-state index in [1.165, 1.54) is 6.92 Å². The lowest BCUT2D eigenvalue weighted by molar-refractivity contribution is -0.160. The largest absolute Gasteiger partial charge is 0.480 e. The lowest BCUT2D eigenvalue weighted by Crippen LogP contribution is -2.44. The molecule has 0 aromatic heterocycles. The number of carbonyl (C=O) groups excluding carboxylic acids is 1. The molecule has 0 amide bonds. The van der Waals surface area contributed by atoms with Crippen LogP contribution in [0, 0.1) is 0 Å². The van der Waals surface area contributed by atoms with Gasteiger partial charge in [0, 0.05) is 31.9 Å². The maximum atomic E-state index is 12.1. The van der Waals surface area contributed by atoms with Crippen molar-refractivity contribution in [1.29, 1.82) is 0 Å². The van der Waals surface area contributed by atoms with Crippen LogP contribution in [0.15, 0.2) is 24.3 Å². The van der Waals surface area contributed by atoms with Crippen molar-refractivity contribution < 1.29 is 19.4 Å². The summed E-state index contributed by atoms with van der Waals surface area (Å²) in [5.41, 5.74) is -0.212. The van der Waals surface area contributed by atoms with Gasteiger partial charge in [0.15, 0.2) is 5.41 Å². The number of rotatable bonds is 5. The van der Waals surface area contributed by atoms with Gasteiger partial charge in [0.05, 0.1) is 6.61 Å². The third-order valence-corrected chi connectivity index (χ3v) is 4.42. The van der Waals surface area contributed by atoms with Crippen LogP contribution in [0.1, 0.15) is 19.4 Å². The molecule has 1 unspecified atom stereocenters. The highest BCUT2D eigenvalue weighted by molar-refractivity contribution is 6.05. The Balaban J connectivity index is 2.22. The molecule has 0 saturated carbocycles. The SMILES string of the molecule is CCOC(=O)C(C)(C(=O)O)c1ccc(N2CCN(C)CC2)cc1. The molecule has 6 nitrogen and oxygen atoms in total. The van der Waals surface area contributed by atoms with Gasteiger partial charge in [-0.2, -0.15) is 0 Å². The first-order valence-corrected chi connectivity index (χ1v) is 7.84. The Morgan fingerprint density at radius 2 is 1.74 bits per heavy atom. The van der Waals surface area contributed by atoms with Gasteiger partial charge in [-0.05, 0) is 38.6 Å². The maximum absolute atomic E-state index is 12.1. The average Bonchev–Trinajstić information content (AvgIpc) is 2.55. The van der Waals surface area contributed by atoms with Crippen LogP contribution in [0.25, 0.3) is 0 Å². The van der Waals surface area contributed by atoms with Crippen molar-refractivity contribution in [2.24, 2.45) is 0 Å². The summed E-state index contributed by atoms with van der Waals surface area (Å²) in [7, 11) is 2.10. The van der Waals surface area contributed by atoms with Crippen LogP contribution < -0.4 is 4.90 Å². The summed E-state index contributed by atoms with van der Waals surface area (Å²) in [5.74, 6) is -1.94. The maximum Gasteiger partial charge on any atom is 0.327 e. The summed E-state index contributed by atoms with van der Waals surface area (Å²) in [6.07, 6.45) is 0. The number of likely N-dealkylation sites (N-methyl/N-ethyl adjacent to an activating group) is 1. The number of esters is 1. The molecule has 1 saturated heterocycles. The van der Waals surface area contributed by atoms with E-state index in [0.717, 1.165) is 31.9 Å². The molecule has 1 atom stereocenters. The molecule has 1 heterocycles. The summed E-state index contributed by atoms with van der Waals surface area (Å²) in [5, 5.41) is 9.51. The number of hydrogen-bond donors (Lipinski definition) is 1. The number of aliphatic carboxylic acids is 1. The number of carboxylic acid groups (broad SMARTS) is 1. The topological polar surface area (TPSA) is 70.1 Å². The van der Waals surface area contributed by atoms with Crippen LogP contribution in [-0.2, 0) is 19.7 Å². The summed E-state index contributed by atoms with van der Waals surface area (Å²) in [4.78, 5) is 28.3. The number of nitrogens with zero attached hydrogens (tertiary/aromatic N) is 2. The number of hydrogen-bond acceptors (Lipinski definition) is 5. The van der Waals surface area contributed by atoms with Crippen LogP contribution in [0.3, 0.4) is 0 Å². The van der Waals surface area contributed by atoms with Crippen molar-refractivity contribution in [1.82, 2.24) is 4.90 Å². The van der Waals surface area contributed by atoms with E-state index in [2.05, 4.69) is 16.8 Å². The van der Waals surface area contributed by atoms with E-state index < -0.39 is 17.4 Å². The fourth-order valence-electron chi connectivity index (χ4n) is 2.67. The van der Waals surface area contributed by atoms with Crippen LogP contribution in [0.5, 0.6) is 0 Å². The van der Waals surface area contributed by atoms with Gasteiger partial charge < -0.3 is 19.6 Å². The Kier molecular flexibility index (Phi) is 5.26. The van der Waals surface area contributed by atoms with Gasteiger partial charge in [-0.3, -0.25) is 9.59 Å². The fourth-order valence-corrected chi connectivity index (χ4v) is 2.67. The third kappa shape index (κ3) is 3.47. The predicted octanol–water partition coefficient (Wildman–Crippen LogP) is 1.34. The molecule has 2 rings (SSSR count). The smallest absolute Gasteiger partial charge is 0.327 e. The monoisotopic (exact) mass is 320 g/mol. The number of carboxylic acids is 1. The van der Waals surface area contributed by atoms with Gasteiger partial charge in [-0.15, -0.1) is 0 Å². The number of piperazine rings is 1. The molecular formula is C17H24N2O4. The minimum absolute atomic E-state index is 0.154. The van der Waals surface area contributed by atoms with E-state index in [9.17, 15) is 14.7 Å². The summed E-state index contributed by atoms with van der Waals surface area (Å²) in [6.45, 7) is 7.07. The third-order valence-electron chi connectivity index (χ3n) is 4.42. The number of benzene rings is 1. The molecule has 6 heteroatoms. The molecule has 1 aliphatic rings. The highest BCUT2D eigenvalue weighted by atomic mass is 16.5.